The summed E-state index contributed by atoms with van der Waals surface area (Å²) in [6, 6.07) is 10.9. The van der Waals surface area contributed by atoms with Crippen molar-refractivity contribution in [3.63, 3.8) is 0 Å². The van der Waals surface area contributed by atoms with E-state index >= 15 is 4.39 Å². The summed E-state index contributed by atoms with van der Waals surface area (Å²) in [6.45, 7) is 6.13. The lowest BCUT2D eigenvalue weighted by molar-refractivity contribution is 0.0602. The second-order valence-corrected chi connectivity index (χ2v) is 12.4. The Kier molecular flexibility index (Phi) is 10.2. The monoisotopic (exact) mass is 627 g/mol. The molecule has 1 N–H and O–H groups in total. The summed E-state index contributed by atoms with van der Waals surface area (Å²) in [6.07, 6.45) is 5.04. The van der Waals surface area contributed by atoms with Crippen LogP contribution in [0.5, 0.6) is 23.0 Å². The van der Waals surface area contributed by atoms with Crippen LogP contribution in [0, 0.1) is 11.7 Å². The highest BCUT2D eigenvalue weighted by Gasteiger charge is 2.25. The quantitative estimate of drug-likeness (QED) is 0.105. The number of thiophene rings is 1. The van der Waals surface area contributed by atoms with E-state index in [1.54, 1.807) is 49.0 Å². The number of benzene rings is 2. The Bertz CT molecular complexity index is 1570. The summed E-state index contributed by atoms with van der Waals surface area (Å²) < 4.78 is 53.0. The number of pyridine rings is 1. The third-order valence-corrected chi connectivity index (χ3v) is 9.35. The Balaban J connectivity index is 1.26. The van der Waals surface area contributed by atoms with E-state index in [2.05, 4.69) is 21.5 Å². The van der Waals surface area contributed by atoms with Gasteiger partial charge in [0.1, 0.15) is 17.1 Å². The van der Waals surface area contributed by atoms with Crippen LogP contribution in [0.4, 0.5) is 10.1 Å². The largest absolute Gasteiger partial charge is 0.588 e. The molecule has 0 aliphatic carbocycles. The van der Waals surface area contributed by atoms with Gasteiger partial charge in [0.15, 0.2) is 27.9 Å². The molecular formula is C31H34FN3O6S2. The normalized spacial score (nSPS) is 16.1. The average Bonchev–Trinajstić information content (AvgIpc) is 3.50. The van der Waals surface area contributed by atoms with Crippen molar-refractivity contribution in [2.24, 2.45) is 5.92 Å². The van der Waals surface area contributed by atoms with Crippen LogP contribution in [0.1, 0.15) is 35.9 Å². The number of nitrogens with zero attached hydrogens (tertiary/aromatic N) is 2. The number of hydrogen-bond acceptors (Lipinski definition) is 10. The number of rotatable bonds is 12. The second kappa shape index (κ2) is 14.3. The van der Waals surface area contributed by atoms with E-state index in [4.69, 9.17) is 18.9 Å². The molecule has 2 unspecified atom stereocenters. The number of fused-ring (bicyclic) bond motifs is 1. The fourth-order valence-corrected chi connectivity index (χ4v) is 7.12. The lowest BCUT2D eigenvalue weighted by Gasteiger charge is -2.30. The molecule has 0 bridgehead atoms. The molecule has 43 heavy (non-hydrogen) atoms. The highest BCUT2D eigenvalue weighted by molar-refractivity contribution is 7.93. The number of piperidine rings is 1. The number of methoxy groups -OCH3 is 2. The molecule has 9 nitrogen and oxygen atoms in total. The van der Waals surface area contributed by atoms with Gasteiger partial charge < -0.3 is 28.4 Å². The molecular weight excluding hydrogens is 593 g/mol. The van der Waals surface area contributed by atoms with Crippen LogP contribution in [0.15, 0.2) is 58.9 Å². The van der Waals surface area contributed by atoms with Crippen molar-refractivity contribution in [1.29, 1.82) is 0 Å². The minimum absolute atomic E-state index is 0.0269. The maximum atomic E-state index is 15.1. The van der Waals surface area contributed by atoms with Gasteiger partial charge in [-0.05, 0) is 61.4 Å². The maximum absolute atomic E-state index is 15.1. The van der Waals surface area contributed by atoms with Crippen LogP contribution in [-0.2, 0) is 16.1 Å². The molecule has 0 radical (unpaired) electrons. The van der Waals surface area contributed by atoms with E-state index in [-0.39, 0.29) is 21.2 Å². The lowest BCUT2D eigenvalue weighted by atomic mass is 10.0. The smallest absolute Gasteiger partial charge is 0.353 e. The second-order valence-electron chi connectivity index (χ2n) is 10.3. The van der Waals surface area contributed by atoms with E-state index < -0.39 is 23.1 Å². The average molecular weight is 628 g/mol. The van der Waals surface area contributed by atoms with Crippen LogP contribution in [0.2, 0.25) is 0 Å². The van der Waals surface area contributed by atoms with Gasteiger partial charge in [-0.15, -0.1) is 11.3 Å². The van der Waals surface area contributed by atoms with Crippen LogP contribution in [-0.4, -0.2) is 60.9 Å². The Morgan fingerprint density at radius 3 is 2.79 bits per heavy atom. The minimum atomic E-state index is -1.81. The van der Waals surface area contributed by atoms with Crippen LogP contribution in [0.25, 0.3) is 10.9 Å². The molecule has 1 saturated heterocycles. The topological polar surface area (TPSA) is 105 Å². The van der Waals surface area contributed by atoms with Crippen molar-refractivity contribution in [2.45, 2.75) is 31.1 Å². The maximum Gasteiger partial charge on any atom is 0.353 e. The Hall–Kier alpha value is -3.58. The number of anilines is 1. The van der Waals surface area contributed by atoms with Gasteiger partial charge in [-0.25, -0.2) is 13.9 Å². The zero-order chi connectivity index (χ0) is 30.3. The van der Waals surface area contributed by atoms with E-state index in [0.717, 1.165) is 43.3 Å². The number of carbonyl (C=O) groups excluding carboxylic acids is 1. The Morgan fingerprint density at radius 2 is 2.02 bits per heavy atom. The summed E-state index contributed by atoms with van der Waals surface area (Å²) in [5.41, 5.74) is 0.868. The molecule has 2 aromatic heterocycles. The highest BCUT2D eigenvalue weighted by Crippen LogP contribution is 2.38. The predicted molar refractivity (Wildman–Crippen MR) is 165 cm³/mol. The van der Waals surface area contributed by atoms with Gasteiger partial charge in [-0.1, -0.05) is 6.92 Å². The number of esters is 1. The van der Waals surface area contributed by atoms with Crippen LogP contribution >= 0.6 is 11.3 Å². The summed E-state index contributed by atoms with van der Waals surface area (Å²) in [7, 11) is 2.82. The number of carbonyl (C=O) groups is 1. The van der Waals surface area contributed by atoms with E-state index in [1.807, 2.05) is 0 Å². The Labute approximate surface area is 257 Å². The SMILES string of the molecule is COC(=O)c1sccc1[S+]([O-])Nc1ccc(Oc2ccnc3cc(OCCCN4CCCC(C)C4)c(OC)cc23)c(F)c1. The van der Waals surface area contributed by atoms with E-state index in [0.29, 0.717) is 34.8 Å². The van der Waals surface area contributed by atoms with E-state index in [1.165, 1.54) is 32.1 Å². The minimum Gasteiger partial charge on any atom is -0.588 e. The fraction of sp³-hybridized carbons (Fsp3) is 0.355. The van der Waals surface area contributed by atoms with Crippen molar-refractivity contribution < 1.29 is 32.7 Å². The van der Waals surface area contributed by atoms with Gasteiger partial charge >= 0.3 is 5.97 Å². The number of halogens is 1. The predicted octanol–water partition coefficient (Wildman–Crippen LogP) is 6.66. The van der Waals surface area contributed by atoms with Crippen molar-refractivity contribution >= 4 is 45.3 Å². The van der Waals surface area contributed by atoms with Crippen molar-refractivity contribution in [3.05, 3.63) is 64.7 Å². The van der Waals surface area contributed by atoms with Crippen molar-refractivity contribution in [1.82, 2.24) is 9.88 Å². The fourth-order valence-electron chi connectivity index (χ4n) is 5.06. The van der Waals surface area contributed by atoms with Gasteiger partial charge in [-0.3, -0.25) is 4.98 Å². The lowest BCUT2D eigenvalue weighted by Crippen LogP contribution is -2.35. The molecule has 12 heteroatoms. The van der Waals surface area contributed by atoms with Crippen LogP contribution < -0.4 is 18.9 Å². The Morgan fingerprint density at radius 1 is 1.16 bits per heavy atom. The molecule has 0 amide bonds. The number of ether oxygens (including phenoxy) is 4. The summed E-state index contributed by atoms with van der Waals surface area (Å²) in [4.78, 5) is 19.4. The number of likely N-dealkylation sites (tertiary alicyclic amines) is 1. The third-order valence-electron chi connectivity index (χ3n) is 7.17. The highest BCUT2D eigenvalue weighted by atomic mass is 32.2. The molecule has 5 rings (SSSR count). The third kappa shape index (κ3) is 7.50. The first-order valence-electron chi connectivity index (χ1n) is 14.0. The molecule has 0 saturated carbocycles. The van der Waals surface area contributed by atoms with Gasteiger partial charge in [-0.2, -0.15) is 0 Å². The first kappa shape index (κ1) is 30.9. The molecule has 2 atom stereocenters. The summed E-state index contributed by atoms with van der Waals surface area (Å²) >= 11 is -0.688. The molecule has 4 aromatic rings. The zero-order valence-corrected chi connectivity index (χ0v) is 25.9. The van der Waals surface area contributed by atoms with Gasteiger partial charge in [0.2, 0.25) is 4.90 Å². The number of hydrogen-bond donors (Lipinski definition) is 1. The van der Waals surface area contributed by atoms with Crippen LogP contribution in [0.3, 0.4) is 0 Å². The molecule has 3 heterocycles. The number of nitrogens with one attached hydrogen (secondary N) is 1. The zero-order valence-electron chi connectivity index (χ0n) is 24.3. The molecule has 1 aliphatic heterocycles. The summed E-state index contributed by atoms with van der Waals surface area (Å²) in [5.74, 6) is 0.962. The molecule has 1 fully saturated rings. The van der Waals surface area contributed by atoms with Gasteiger partial charge in [0, 0.05) is 42.9 Å². The van der Waals surface area contributed by atoms with Gasteiger partial charge in [0.05, 0.1) is 32.0 Å². The standard InChI is InChI=1S/C31H34FN3O6S2/c1-20-6-4-12-35(19-20)13-5-14-40-28-18-24-22(17-27(28)38-2)25(9-11-33-24)41-26-8-7-21(16-23(26)32)34-43(37)29-10-15-42-30(29)31(36)39-3/h7-11,15-18,20,34H,4-6,12-14,19H2,1-3H3. The first-order valence-corrected chi connectivity index (χ1v) is 16.0. The van der Waals surface area contributed by atoms with Crippen molar-refractivity contribution in [3.8, 4) is 23.0 Å². The molecule has 1 aliphatic rings. The molecule has 0 spiro atoms. The first-order chi connectivity index (χ1) is 20.9. The molecule has 2 aromatic carbocycles. The summed E-state index contributed by atoms with van der Waals surface area (Å²) in [5, 5.41) is 2.27. The van der Waals surface area contributed by atoms with E-state index in [9.17, 15) is 9.35 Å². The van der Waals surface area contributed by atoms with Gasteiger partial charge in [0.25, 0.3) is 0 Å². The van der Waals surface area contributed by atoms with Crippen molar-refractivity contribution in [2.75, 3.05) is 45.2 Å². The molecule has 228 valence electrons. The number of aromatic nitrogens is 1.